The Morgan fingerprint density at radius 2 is 1.94 bits per heavy atom. The zero-order valence-electron chi connectivity index (χ0n) is 9.26. The lowest BCUT2D eigenvalue weighted by atomic mass is 10.1. The lowest BCUT2D eigenvalue weighted by Crippen LogP contribution is -1.91. The molecule has 0 saturated carbocycles. The first-order chi connectivity index (χ1) is 8.74. The molecular weight excluding hydrogens is 250 g/mol. The van der Waals surface area contributed by atoms with Crippen molar-refractivity contribution in [2.45, 2.75) is 0 Å². The van der Waals surface area contributed by atoms with Gasteiger partial charge >= 0.3 is 0 Å². The first kappa shape index (κ1) is 12.2. The van der Waals surface area contributed by atoms with E-state index in [4.69, 9.17) is 21.6 Å². The summed E-state index contributed by atoms with van der Waals surface area (Å²) in [6, 6.07) is 13.6. The molecule has 0 spiro atoms. The molecule has 88 valence electrons. The van der Waals surface area contributed by atoms with E-state index >= 15 is 0 Å². The number of carbonyl (C=O) groups excluding carboxylic acids is 1. The number of benzene rings is 2. The zero-order valence-corrected chi connectivity index (χ0v) is 10.0. The summed E-state index contributed by atoms with van der Waals surface area (Å²) in [6.45, 7) is 0. The molecule has 2 aromatic rings. The molecule has 0 aliphatic rings. The van der Waals surface area contributed by atoms with Gasteiger partial charge in [-0.05, 0) is 30.3 Å². The van der Waals surface area contributed by atoms with Crippen molar-refractivity contribution in [3.63, 3.8) is 0 Å². The molecule has 2 aromatic carbocycles. The average Bonchev–Trinajstić information content (AvgIpc) is 2.41. The van der Waals surface area contributed by atoms with E-state index in [1.165, 1.54) is 6.07 Å². The number of carbonyl (C=O) groups is 1. The first-order valence-electron chi connectivity index (χ1n) is 5.16. The fourth-order valence-corrected chi connectivity index (χ4v) is 1.62. The number of nitriles is 1. The maximum Gasteiger partial charge on any atom is 0.150 e. The second-order valence-corrected chi connectivity index (χ2v) is 3.92. The Labute approximate surface area is 109 Å². The van der Waals surface area contributed by atoms with Crippen LogP contribution in [0.4, 0.5) is 0 Å². The molecular formula is C14H8ClNO2. The number of nitrogens with zero attached hydrogens (tertiary/aromatic N) is 1. The minimum atomic E-state index is 0.291. The van der Waals surface area contributed by atoms with Crippen molar-refractivity contribution in [1.82, 2.24) is 0 Å². The fraction of sp³-hybridized carbons (Fsp3) is 0. The molecule has 0 aliphatic carbocycles. The van der Waals surface area contributed by atoms with Gasteiger partial charge in [0.25, 0.3) is 0 Å². The minimum Gasteiger partial charge on any atom is -0.454 e. The van der Waals surface area contributed by atoms with Crippen LogP contribution in [0, 0.1) is 11.3 Å². The first-order valence-corrected chi connectivity index (χ1v) is 5.54. The van der Waals surface area contributed by atoms with Gasteiger partial charge < -0.3 is 4.74 Å². The molecule has 0 heterocycles. The van der Waals surface area contributed by atoms with Gasteiger partial charge in [0.15, 0.2) is 0 Å². The highest BCUT2D eigenvalue weighted by molar-refractivity contribution is 6.32. The van der Waals surface area contributed by atoms with Crippen LogP contribution in [0.1, 0.15) is 15.9 Å². The molecule has 0 aromatic heterocycles. The highest BCUT2D eigenvalue weighted by Crippen LogP contribution is 2.30. The molecule has 0 unspecified atom stereocenters. The molecule has 0 aliphatic heterocycles. The number of para-hydroxylation sites is 1. The van der Waals surface area contributed by atoms with Gasteiger partial charge in [-0.25, -0.2) is 0 Å². The topological polar surface area (TPSA) is 50.1 Å². The van der Waals surface area contributed by atoms with E-state index in [0.717, 1.165) is 0 Å². The average molecular weight is 258 g/mol. The molecule has 0 N–H and O–H groups in total. The summed E-state index contributed by atoms with van der Waals surface area (Å²) in [7, 11) is 0. The Kier molecular flexibility index (Phi) is 3.61. The zero-order chi connectivity index (χ0) is 13.0. The lowest BCUT2D eigenvalue weighted by molar-refractivity contribution is 0.112. The van der Waals surface area contributed by atoms with Crippen molar-refractivity contribution in [1.29, 1.82) is 5.26 Å². The number of hydrogen-bond donors (Lipinski definition) is 0. The van der Waals surface area contributed by atoms with Gasteiger partial charge in [0.1, 0.15) is 23.9 Å². The van der Waals surface area contributed by atoms with Crippen LogP contribution in [0.2, 0.25) is 5.02 Å². The number of aldehydes is 1. The lowest BCUT2D eigenvalue weighted by Gasteiger charge is -2.08. The van der Waals surface area contributed by atoms with Crippen molar-refractivity contribution in [2.24, 2.45) is 0 Å². The molecule has 0 fully saturated rings. The number of halogens is 1. The van der Waals surface area contributed by atoms with Crippen molar-refractivity contribution in [3.8, 4) is 17.6 Å². The molecule has 4 heteroatoms. The van der Waals surface area contributed by atoms with Gasteiger partial charge in [-0.1, -0.05) is 23.7 Å². The maximum atomic E-state index is 10.6. The van der Waals surface area contributed by atoms with Gasteiger partial charge in [0, 0.05) is 5.56 Å². The third-order valence-corrected chi connectivity index (χ3v) is 2.63. The number of rotatable bonds is 3. The molecule has 0 bridgehead atoms. The largest absolute Gasteiger partial charge is 0.454 e. The van der Waals surface area contributed by atoms with E-state index in [9.17, 15) is 4.79 Å². The second kappa shape index (κ2) is 5.35. The standard InChI is InChI=1S/C14H8ClNO2/c15-12-3-1-2-4-14(12)18-13-6-5-10(9-17)7-11(13)8-16/h1-7,9H. The summed E-state index contributed by atoms with van der Waals surface area (Å²) in [6.07, 6.45) is 0.681. The van der Waals surface area contributed by atoms with Gasteiger partial charge in [-0.2, -0.15) is 5.26 Å². The number of ether oxygens (including phenoxy) is 1. The fourth-order valence-electron chi connectivity index (χ4n) is 1.44. The second-order valence-electron chi connectivity index (χ2n) is 3.52. The monoisotopic (exact) mass is 257 g/mol. The van der Waals surface area contributed by atoms with Crippen molar-refractivity contribution < 1.29 is 9.53 Å². The van der Waals surface area contributed by atoms with E-state index in [1.54, 1.807) is 36.4 Å². The van der Waals surface area contributed by atoms with E-state index in [2.05, 4.69) is 0 Å². The molecule has 0 atom stereocenters. The Hall–Kier alpha value is -2.31. The summed E-state index contributed by atoms with van der Waals surface area (Å²) >= 11 is 5.96. The van der Waals surface area contributed by atoms with Crippen molar-refractivity contribution in [3.05, 3.63) is 58.6 Å². The smallest absolute Gasteiger partial charge is 0.150 e. The normalized spacial score (nSPS) is 9.56. The van der Waals surface area contributed by atoms with Crippen molar-refractivity contribution in [2.75, 3.05) is 0 Å². The summed E-state index contributed by atoms with van der Waals surface area (Å²) in [5.41, 5.74) is 0.720. The quantitative estimate of drug-likeness (QED) is 0.786. The maximum absolute atomic E-state index is 10.6. The SMILES string of the molecule is N#Cc1cc(C=O)ccc1Oc1ccccc1Cl. The molecule has 0 radical (unpaired) electrons. The van der Waals surface area contributed by atoms with Crippen LogP contribution >= 0.6 is 11.6 Å². The summed E-state index contributed by atoms with van der Waals surface area (Å²) in [4.78, 5) is 10.6. The Balaban J connectivity index is 2.38. The van der Waals surface area contributed by atoms with Crippen LogP contribution in [-0.4, -0.2) is 6.29 Å². The number of hydrogen-bond acceptors (Lipinski definition) is 3. The molecule has 18 heavy (non-hydrogen) atoms. The van der Waals surface area contributed by atoms with E-state index < -0.39 is 0 Å². The van der Waals surface area contributed by atoms with Crippen LogP contribution in [0.15, 0.2) is 42.5 Å². The summed E-state index contributed by atoms with van der Waals surface area (Å²) < 4.78 is 5.56. The van der Waals surface area contributed by atoms with Gasteiger partial charge in [-0.3, -0.25) is 4.79 Å². The van der Waals surface area contributed by atoms with Crippen LogP contribution in [0.5, 0.6) is 11.5 Å². The third-order valence-electron chi connectivity index (χ3n) is 2.32. The minimum absolute atomic E-state index is 0.291. The predicted octanol–water partition coefficient (Wildman–Crippen LogP) is 3.82. The molecule has 3 nitrogen and oxygen atoms in total. The van der Waals surface area contributed by atoms with E-state index in [0.29, 0.717) is 33.9 Å². The van der Waals surface area contributed by atoms with Crippen molar-refractivity contribution >= 4 is 17.9 Å². The van der Waals surface area contributed by atoms with Gasteiger partial charge in [0.2, 0.25) is 0 Å². The van der Waals surface area contributed by atoms with E-state index in [1.807, 2.05) is 6.07 Å². The van der Waals surface area contributed by atoms with Crippen LogP contribution in [0.3, 0.4) is 0 Å². The Bertz CT molecular complexity index is 632. The van der Waals surface area contributed by atoms with Gasteiger partial charge in [-0.15, -0.1) is 0 Å². The highest BCUT2D eigenvalue weighted by atomic mass is 35.5. The Morgan fingerprint density at radius 3 is 2.61 bits per heavy atom. The van der Waals surface area contributed by atoms with Crippen LogP contribution in [0.25, 0.3) is 0 Å². The predicted molar refractivity (Wildman–Crippen MR) is 68.1 cm³/mol. The van der Waals surface area contributed by atoms with Crippen LogP contribution in [-0.2, 0) is 0 Å². The summed E-state index contributed by atoms with van der Waals surface area (Å²) in [5.74, 6) is 0.839. The Morgan fingerprint density at radius 1 is 1.17 bits per heavy atom. The highest BCUT2D eigenvalue weighted by Gasteiger charge is 2.07. The molecule has 2 rings (SSSR count). The summed E-state index contributed by atoms with van der Waals surface area (Å²) in [5, 5.41) is 9.47. The van der Waals surface area contributed by atoms with Crippen LogP contribution < -0.4 is 4.74 Å². The molecule has 0 saturated heterocycles. The van der Waals surface area contributed by atoms with Gasteiger partial charge in [0.05, 0.1) is 10.6 Å². The van der Waals surface area contributed by atoms with E-state index in [-0.39, 0.29) is 0 Å². The third kappa shape index (κ3) is 2.50. The molecule has 0 amide bonds.